The molecular formula is C12H18N4. The lowest BCUT2D eigenvalue weighted by Crippen LogP contribution is -2.14. The molecule has 0 radical (unpaired) electrons. The highest BCUT2D eigenvalue weighted by Crippen LogP contribution is 2.45. The van der Waals surface area contributed by atoms with Gasteiger partial charge in [0.1, 0.15) is 5.82 Å². The van der Waals surface area contributed by atoms with Gasteiger partial charge in [-0.3, -0.25) is 5.10 Å². The first-order valence-corrected chi connectivity index (χ1v) is 6.55. The zero-order valence-corrected chi connectivity index (χ0v) is 9.45. The number of hydrogen-bond acceptors (Lipinski definition) is 3. The van der Waals surface area contributed by atoms with Crippen molar-refractivity contribution in [3.05, 3.63) is 11.6 Å². The van der Waals surface area contributed by atoms with E-state index >= 15 is 0 Å². The van der Waals surface area contributed by atoms with Crippen molar-refractivity contribution in [2.24, 2.45) is 11.8 Å². The number of aromatic nitrogens is 3. The molecule has 2 aliphatic carbocycles. The second-order valence-electron chi connectivity index (χ2n) is 5.62. The summed E-state index contributed by atoms with van der Waals surface area (Å²) in [5.41, 5.74) is 0. The van der Waals surface area contributed by atoms with Gasteiger partial charge in [-0.15, -0.1) is 0 Å². The average Bonchev–Trinajstić information content (AvgIpc) is 3.22. The molecule has 0 unspecified atom stereocenters. The molecule has 16 heavy (non-hydrogen) atoms. The third kappa shape index (κ3) is 1.47. The highest BCUT2D eigenvalue weighted by Gasteiger charge is 2.41. The first-order valence-electron chi connectivity index (χ1n) is 6.55. The second-order valence-corrected chi connectivity index (χ2v) is 5.62. The van der Waals surface area contributed by atoms with Crippen molar-refractivity contribution in [3.8, 4) is 0 Å². The Morgan fingerprint density at radius 3 is 2.69 bits per heavy atom. The Morgan fingerprint density at radius 1 is 1.06 bits per heavy atom. The number of nitrogens with zero attached hydrogens (tertiary/aromatic N) is 2. The molecule has 2 atom stereocenters. The molecule has 1 aromatic heterocycles. The molecule has 1 aromatic rings. The highest BCUT2D eigenvalue weighted by atomic mass is 15.2. The van der Waals surface area contributed by atoms with Gasteiger partial charge in [-0.2, -0.15) is 5.10 Å². The van der Waals surface area contributed by atoms with Gasteiger partial charge in [0.05, 0.1) is 0 Å². The molecule has 2 saturated carbocycles. The molecule has 3 fully saturated rings. The molecule has 0 bridgehead atoms. The summed E-state index contributed by atoms with van der Waals surface area (Å²) in [7, 11) is 0. The first kappa shape index (κ1) is 9.16. The fourth-order valence-corrected chi connectivity index (χ4v) is 3.00. The fourth-order valence-electron chi connectivity index (χ4n) is 3.00. The quantitative estimate of drug-likeness (QED) is 0.806. The lowest BCUT2D eigenvalue weighted by atomic mass is 9.91. The van der Waals surface area contributed by atoms with Gasteiger partial charge in [0.25, 0.3) is 0 Å². The molecule has 1 saturated heterocycles. The average molecular weight is 218 g/mol. The van der Waals surface area contributed by atoms with Crippen LogP contribution in [0.5, 0.6) is 0 Å². The van der Waals surface area contributed by atoms with Crippen molar-refractivity contribution in [3.63, 3.8) is 0 Å². The Hall–Kier alpha value is -0.900. The number of nitrogens with one attached hydrogen (secondary N) is 2. The van der Waals surface area contributed by atoms with E-state index < -0.39 is 0 Å². The van der Waals surface area contributed by atoms with Crippen LogP contribution in [0, 0.1) is 11.8 Å². The van der Waals surface area contributed by atoms with Crippen molar-refractivity contribution in [1.29, 1.82) is 0 Å². The molecule has 0 spiro atoms. The standard InChI is InChI=1S/C12H18N4/c1-2-7(1)9-5-13-6-10(9)12-14-11(15-16-12)8-3-4-8/h7-10,13H,1-6H2,(H,14,15,16)/t9-,10+/m0/s1. The third-order valence-electron chi connectivity index (χ3n) is 4.30. The van der Waals surface area contributed by atoms with E-state index in [1.807, 2.05) is 0 Å². The SMILES string of the molecule is C1CC1c1n[nH]c([C@@H]2CNC[C@H]2C2CC2)n1. The molecule has 2 heterocycles. The van der Waals surface area contributed by atoms with Crippen LogP contribution in [-0.2, 0) is 0 Å². The minimum Gasteiger partial charge on any atom is -0.316 e. The van der Waals surface area contributed by atoms with E-state index in [0.29, 0.717) is 11.8 Å². The van der Waals surface area contributed by atoms with Crippen LogP contribution in [0.1, 0.15) is 49.2 Å². The van der Waals surface area contributed by atoms with Gasteiger partial charge in [-0.1, -0.05) is 0 Å². The zero-order valence-electron chi connectivity index (χ0n) is 9.45. The van der Waals surface area contributed by atoms with E-state index in [0.717, 1.165) is 30.0 Å². The molecule has 0 aromatic carbocycles. The summed E-state index contributed by atoms with van der Waals surface area (Å²) in [5.74, 6) is 5.22. The second kappa shape index (κ2) is 3.29. The number of hydrogen-bond donors (Lipinski definition) is 2. The summed E-state index contributed by atoms with van der Waals surface area (Å²) in [5, 5.41) is 11.1. The minimum atomic E-state index is 0.590. The molecular weight excluding hydrogens is 200 g/mol. The Morgan fingerprint density at radius 2 is 1.94 bits per heavy atom. The predicted octanol–water partition coefficient (Wildman–Crippen LogP) is 1.40. The fraction of sp³-hybridized carbons (Fsp3) is 0.833. The number of H-pyrrole nitrogens is 1. The van der Waals surface area contributed by atoms with Crippen molar-refractivity contribution < 1.29 is 0 Å². The maximum absolute atomic E-state index is 4.71. The Labute approximate surface area is 95.2 Å². The van der Waals surface area contributed by atoms with Crippen molar-refractivity contribution in [1.82, 2.24) is 20.5 Å². The normalized spacial score (nSPS) is 34.5. The maximum atomic E-state index is 4.71. The van der Waals surface area contributed by atoms with Crippen LogP contribution in [0.4, 0.5) is 0 Å². The summed E-state index contributed by atoms with van der Waals surface area (Å²) < 4.78 is 0. The van der Waals surface area contributed by atoms with E-state index in [1.165, 1.54) is 32.2 Å². The summed E-state index contributed by atoms with van der Waals surface area (Å²) >= 11 is 0. The summed E-state index contributed by atoms with van der Waals surface area (Å²) in [6, 6.07) is 0. The molecule has 86 valence electrons. The van der Waals surface area contributed by atoms with E-state index in [-0.39, 0.29) is 0 Å². The molecule has 4 heteroatoms. The Bertz CT molecular complexity index is 391. The van der Waals surface area contributed by atoms with Crippen LogP contribution in [0.15, 0.2) is 0 Å². The van der Waals surface area contributed by atoms with Crippen molar-refractivity contribution in [2.75, 3.05) is 13.1 Å². The van der Waals surface area contributed by atoms with E-state index in [4.69, 9.17) is 4.98 Å². The minimum absolute atomic E-state index is 0.590. The first-order chi connectivity index (χ1) is 7.92. The van der Waals surface area contributed by atoms with Crippen molar-refractivity contribution >= 4 is 0 Å². The van der Waals surface area contributed by atoms with E-state index in [1.54, 1.807) is 0 Å². The Balaban J connectivity index is 1.57. The van der Waals surface area contributed by atoms with Gasteiger partial charge in [-0.25, -0.2) is 4.98 Å². The number of aromatic amines is 1. The van der Waals surface area contributed by atoms with Crippen LogP contribution < -0.4 is 5.32 Å². The van der Waals surface area contributed by atoms with Crippen molar-refractivity contribution in [2.45, 2.75) is 37.5 Å². The van der Waals surface area contributed by atoms with Crippen LogP contribution in [0.3, 0.4) is 0 Å². The molecule has 3 aliphatic rings. The third-order valence-corrected chi connectivity index (χ3v) is 4.30. The maximum Gasteiger partial charge on any atom is 0.153 e. The Kier molecular flexibility index (Phi) is 1.89. The summed E-state index contributed by atoms with van der Waals surface area (Å²) in [6.07, 6.45) is 5.41. The topological polar surface area (TPSA) is 53.6 Å². The largest absolute Gasteiger partial charge is 0.316 e. The van der Waals surface area contributed by atoms with Gasteiger partial charge in [0.2, 0.25) is 0 Å². The van der Waals surface area contributed by atoms with E-state index in [9.17, 15) is 0 Å². The molecule has 4 rings (SSSR count). The van der Waals surface area contributed by atoms with Crippen LogP contribution in [0.25, 0.3) is 0 Å². The summed E-state index contributed by atoms with van der Waals surface area (Å²) in [6.45, 7) is 2.26. The van der Waals surface area contributed by atoms with Gasteiger partial charge in [-0.05, 0) is 44.1 Å². The predicted molar refractivity (Wildman–Crippen MR) is 60.2 cm³/mol. The molecule has 2 N–H and O–H groups in total. The lowest BCUT2D eigenvalue weighted by Gasteiger charge is -2.14. The van der Waals surface area contributed by atoms with Gasteiger partial charge in [0, 0.05) is 18.4 Å². The van der Waals surface area contributed by atoms with Crippen LogP contribution in [0.2, 0.25) is 0 Å². The van der Waals surface area contributed by atoms with Gasteiger partial charge in [0.15, 0.2) is 5.82 Å². The number of rotatable bonds is 3. The highest BCUT2D eigenvalue weighted by molar-refractivity contribution is 5.11. The smallest absolute Gasteiger partial charge is 0.153 e. The molecule has 4 nitrogen and oxygen atoms in total. The van der Waals surface area contributed by atoms with Crippen LogP contribution in [-0.4, -0.2) is 28.3 Å². The zero-order chi connectivity index (χ0) is 10.5. The van der Waals surface area contributed by atoms with Gasteiger partial charge < -0.3 is 5.32 Å². The molecule has 1 aliphatic heterocycles. The lowest BCUT2D eigenvalue weighted by molar-refractivity contribution is 0.443. The monoisotopic (exact) mass is 218 g/mol. The van der Waals surface area contributed by atoms with Crippen LogP contribution >= 0.6 is 0 Å². The molecule has 0 amide bonds. The summed E-state index contributed by atoms with van der Waals surface area (Å²) in [4.78, 5) is 4.71. The van der Waals surface area contributed by atoms with Gasteiger partial charge >= 0.3 is 0 Å². The van der Waals surface area contributed by atoms with E-state index in [2.05, 4.69) is 15.5 Å².